The second-order valence-electron chi connectivity index (χ2n) is 4.93. The molecule has 0 aromatic heterocycles. The summed E-state index contributed by atoms with van der Waals surface area (Å²) in [6.07, 6.45) is 1.89. The van der Waals surface area contributed by atoms with Gasteiger partial charge in [0.1, 0.15) is 5.76 Å². The van der Waals surface area contributed by atoms with Crippen molar-refractivity contribution in [1.29, 1.82) is 0 Å². The van der Waals surface area contributed by atoms with Crippen LogP contribution in [0.15, 0.2) is 48.5 Å². The van der Waals surface area contributed by atoms with E-state index in [1.54, 1.807) is 6.07 Å². The standard InChI is InChI=1S/C17H15NO2/c1-18(2)13-9-7-12(8-10-13)11-16-14-5-3-4-6-15(14)17(19)20-16/h3-11H,1-2H3/b16-11-. The highest BCUT2D eigenvalue weighted by atomic mass is 16.5. The highest BCUT2D eigenvalue weighted by Gasteiger charge is 2.25. The van der Waals surface area contributed by atoms with Gasteiger partial charge in [-0.25, -0.2) is 4.79 Å². The van der Waals surface area contributed by atoms with Crippen LogP contribution in [0.1, 0.15) is 21.5 Å². The largest absolute Gasteiger partial charge is 0.422 e. The van der Waals surface area contributed by atoms with Gasteiger partial charge in [0.05, 0.1) is 5.56 Å². The molecule has 0 unspecified atom stereocenters. The summed E-state index contributed by atoms with van der Waals surface area (Å²) >= 11 is 0. The molecule has 3 heteroatoms. The number of fused-ring (bicyclic) bond motifs is 1. The lowest BCUT2D eigenvalue weighted by Gasteiger charge is -2.11. The van der Waals surface area contributed by atoms with Crippen LogP contribution < -0.4 is 4.90 Å². The normalized spacial score (nSPS) is 15.1. The van der Waals surface area contributed by atoms with Crippen LogP contribution in [-0.2, 0) is 4.74 Å². The average Bonchev–Trinajstić information content (AvgIpc) is 2.77. The number of hydrogen-bond donors (Lipinski definition) is 0. The highest BCUT2D eigenvalue weighted by molar-refractivity contribution is 6.05. The van der Waals surface area contributed by atoms with Crippen molar-refractivity contribution in [2.75, 3.05) is 19.0 Å². The van der Waals surface area contributed by atoms with Gasteiger partial charge in [0, 0.05) is 25.3 Å². The molecular weight excluding hydrogens is 250 g/mol. The van der Waals surface area contributed by atoms with Gasteiger partial charge in [-0.1, -0.05) is 30.3 Å². The Kier molecular flexibility index (Phi) is 3.03. The van der Waals surface area contributed by atoms with Gasteiger partial charge in [0.2, 0.25) is 0 Å². The lowest BCUT2D eigenvalue weighted by atomic mass is 10.1. The molecule has 1 aliphatic heterocycles. The van der Waals surface area contributed by atoms with Crippen molar-refractivity contribution in [2.24, 2.45) is 0 Å². The average molecular weight is 265 g/mol. The Morgan fingerprint density at radius 3 is 2.25 bits per heavy atom. The molecule has 0 saturated carbocycles. The Balaban J connectivity index is 1.96. The van der Waals surface area contributed by atoms with Crippen molar-refractivity contribution < 1.29 is 9.53 Å². The maximum Gasteiger partial charge on any atom is 0.344 e. The zero-order valence-corrected chi connectivity index (χ0v) is 11.5. The third-order valence-electron chi connectivity index (χ3n) is 3.32. The molecule has 0 fully saturated rings. The first-order valence-electron chi connectivity index (χ1n) is 6.46. The Labute approximate surface area is 118 Å². The highest BCUT2D eigenvalue weighted by Crippen LogP contribution is 2.31. The van der Waals surface area contributed by atoms with E-state index >= 15 is 0 Å². The molecule has 2 aromatic carbocycles. The minimum Gasteiger partial charge on any atom is -0.422 e. The molecule has 3 nitrogen and oxygen atoms in total. The third kappa shape index (κ3) is 2.18. The number of carbonyl (C=O) groups is 1. The smallest absolute Gasteiger partial charge is 0.344 e. The third-order valence-corrected chi connectivity index (χ3v) is 3.32. The second-order valence-corrected chi connectivity index (χ2v) is 4.93. The van der Waals surface area contributed by atoms with E-state index < -0.39 is 0 Å². The van der Waals surface area contributed by atoms with E-state index in [4.69, 9.17) is 4.74 Å². The number of rotatable bonds is 2. The minimum absolute atomic E-state index is 0.281. The molecule has 1 aliphatic rings. The number of nitrogens with zero attached hydrogens (tertiary/aromatic N) is 1. The molecule has 20 heavy (non-hydrogen) atoms. The fourth-order valence-corrected chi connectivity index (χ4v) is 2.21. The minimum atomic E-state index is -0.281. The van der Waals surface area contributed by atoms with Gasteiger partial charge in [-0.05, 0) is 29.8 Å². The zero-order valence-electron chi connectivity index (χ0n) is 11.5. The summed E-state index contributed by atoms with van der Waals surface area (Å²) in [5.41, 5.74) is 3.63. The summed E-state index contributed by atoms with van der Waals surface area (Å²) < 4.78 is 5.33. The predicted octanol–water partition coefficient (Wildman–Crippen LogP) is 3.42. The van der Waals surface area contributed by atoms with Gasteiger partial charge >= 0.3 is 5.97 Å². The Bertz CT molecular complexity index is 684. The molecule has 0 bridgehead atoms. The number of anilines is 1. The zero-order chi connectivity index (χ0) is 14.1. The quantitative estimate of drug-likeness (QED) is 0.779. The molecule has 0 aliphatic carbocycles. The molecule has 2 aromatic rings. The number of hydrogen-bond acceptors (Lipinski definition) is 3. The SMILES string of the molecule is CN(C)c1ccc(/C=C2\OC(=O)c3ccccc32)cc1. The Morgan fingerprint density at radius 1 is 0.950 bits per heavy atom. The molecule has 0 spiro atoms. The summed E-state index contributed by atoms with van der Waals surface area (Å²) in [6, 6.07) is 15.5. The van der Waals surface area contributed by atoms with Crippen molar-refractivity contribution in [3.05, 3.63) is 65.2 Å². The van der Waals surface area contributed by atoms with Crippen molar-refractivity contribution in [2.45, 2.75) is 0 Å². The Morgan fingerprint density at radius 2 is 1.60 bits per heavy atom. The van der Waals surface area contributed by atoms with Crippen molar-refractivity contribution >= 4 is 23.5 Å². The lowest BCUT2D eigenvalue weighted by molar-refractivity contribution is 0.0717. The van der Waals surface area contributed by atoms with E-state index in [1.807, 2.05) is 67.5 Å². The number of esters is 1. The van der Waals surface area contributed by atoms with Crippen LogP contribution in [0.4, 0.5) is 5.69 Å². The van der Waals surface area contributed by atoms with Crippen LogP contribution in [0.3, 0.4) is 0 Å². The van der Waals surface area contributed by atoms with E-state index in [2.05, 4.69) is 0 Å². The molecule has 0 atom stereocenters. The summed E-state index contributed by atoms with van der Waals surface area (Å²) in [5.74, 6) is 0.333. The van der Waals surface area contributed by atoms with Crippen LogP contribution in [0.25, 0.3) is 11.8 Å². The van der Waals surface area contributed by atoms with Gasteiger partial charge < -0.3 is 9.64 Å². The van der Waals surface area contributed by atoms with Gasteiger partial charge in [0.15, 0.2) is 0 Å². The molecule has 0 N–H and O–H groups in total. The fourth-order valence-electron chi connectivity index (χ4n) is 2.21. The molecule has 0 radical (unpaired) electrons. The Hall–Kier alpha value is -2.55. The van der Waals surface area contributed by atoms with E-state index in [-0.39, 0.29) is 5.97 Å². The van der Waals surface area contributed by atoms with Crippen LogP contribution in [0, 0.1) is 0 Å². The van der Waals surface area contributed by atoms with E-state index in [0.717, 1.165) is 16.8 Å². The molecule has 100 valence electrons. The number of benzene rings is 2. The molecular formula is C17H15NO2. The first-order valence-corrected chi connectivity index (χ1v) is 6.46. The maximum atomic E-state index is 11.7. The maximum absolute atomic E-state index is 11.7. The van der Waals surface area contributed by atoms with E-state index in [1.165, 1.54) is 0 Å². The first kappa shape index (κ1) is 12.5. The molecule has 3 rings (SSSR count). The van der Waals surface area contributed by atoms with Gasteiger partial charge in [-0.15, -0.1) is 0 Å². The van der Waals surface area contributed by atoms with Gasteiger partial charge in [-0.2, -0.15) is 0 Å². The van der Waals surface area contributed by atoms with Crippen molar-refractivity contribution in [1.82, 2.24) is 0 Å². The van der Waals surface area contributed by atoms with Crippen molar-refractivity contribution in [3.8, 4) is 0 Å². The first-order chi connectivity index (χ1) is 9.65. The van der Waals surface area contributed by atoms with Gasteiger partial charge in [0.25, 0.3) is 0 Å². The fraction of sp³-hybridized carbons (Fsp3) is 0.118. The van der Waals surface area contributed by atoms with Crippen LogP contribution in [0.5, 0.6) is 0 Å². The number of cyclic esters (lactones) is 1. The molecule has 1 heterocycles. The summed E-state index contributed by atoms with van der Waals surface area (Å²) in [5, 5.41) is 0. The van der Waals surface area contributed by atoms with E-state index in [0.29, 0.717) is 11.3 Å². The monoisotopic (exact) mass is 265 g/mol. The lowest BCUT2D eigenvalue weighted by Crippen LogP contribution is -2.07. The summed E-state index contributed by atoms with van der Waals surface area (Å²) in [4.78, 5) is 13.8. The summed E-state index contributed by atoms with van der Waals surface area (Å²) in [7, 11) is 4.00. The van der Waals surface area contributed by atoms with Crippen LogP contribution in [-0.4, -0.2) is 20.1 Å². The molecule has 0 amide bonds. The number of carbonyl (C=O) groups excluding carboxylic acids is 1. The van der Waals surface area contributed by atoms with E-state index in [9.17, 15) is 4.79 Å². The van der Waals surface area contributed by atoms with Gasteiger partial charge in [-0.3, -0.25) is 0 Å². The second kappa shape index (κ2) is 4.85. The molecule has 0 saturated heterocycles. The topological polar surface area (TPSA) is 29.5 Å². The van der Waals surface area contributed by atoms with Crippen molar-refractivity contribution in [3.63, 3.8) is 0 Å². The summed E-state index contributed by atoms with van der Waals surface area (Å²) in [6.45, 7) is 0. The number of ether oxygens (including phenoxy) is 1. The van der Waals surface area contributed by atoms with Crippen LogP contribution in [0.2, 0.25) is 0 Å². The van der Waals surface area contributed by atoms with Crippen LogP contribution >= 0.6 is 0 Å². The predicted molar refractivity (Wildman–Crippen MR) is 80.5 cm³/mol.